The highest BCUT2D eigenvalue weighted by atomic mass is 19.1. The first-order valence-electron chi connectivity index (χ1n) is 6.28. The van der Waals surface area contributed by atoms with Gasteiger partial charge in [0.15, 0.2) is 0 Å². The number of rotatable bonds is 3. The molecule has 0 saturated carbocycles. The Bertz CT molecular complexity index is 581. The van der Waals surface area contributed by atoms with Crippen LogP contribution in [-0.4, -0.2) is 12.2 Å². The van der Waals surface area contributed by atoms with Gasteiger partial charge in [-0.3, -0.25) is 0 Å². The molecule has 1 N–H and O–H groups in total. The van der Waals surface area contributed by atoms with Crippen LogP contribution < -0.4 is 4.90 Å². The van der Waals surface area contributed by atoms with Crippen LogP contribution in [0.4, 0.5) is 15.8 Å². The summed E-state index contributed by atoms with van der Waals surface area (Å²) in [5.74, 6) is -0.329. The molecule has 2 rings (SSSR count). The third kappa shape index (κ3) is 2.61. The minimum absolute atomic E-state index is 0.329. The summed E-state index contributed by atoms with van der Waals surface area (Å²) in [4.78, 5) is 1.78. The summed E-state index contributed by atoms with van der Waals surface area (Å²) >= 11 is 0. The number of benzene rings is 2. The summed E-state index contributed by atoms with van der Waals surface area (Å²) in [7, 11) is 1.81. The highest BCUT2D eigenvalue weighted by molar-refractivity contribution is 5.69. The van der Waals surface area contributed by atoms with Crippen LogP contribution in [0.2, 0.25) is 0 Å². The van der Waals surface area contributed by atoms with Crippen molar-refractivity contribution in [2.45, 2.75) is 20.0 Å². The second-order valence-corrected chi connectivity index (χ2v) is 4.70. The van der Waals surface area contributed by atoms with Crippen LogP contribution in [0.5, 0.6) is 0 Å². The maximum atomic E-state index is 14.1. The molecule has 0 saturated heterocycles. The molecule has 100 valence electrons. The van der Waals surface area contributed by atoms with Crippen molar-refractivity contribution in [3.63, 3.8) is 0 Å². The Labute approximate surface area is 113 Å². The van der Waals surface area contributed by atoms with Gasteiger partial charge < -0.3 is 10.0 Å². The van der Waals surface area contributed by atoms with Crippen molar-refractivity contribution >= 4 is 11.4 Å². The lowest BCUT2D eigenvalue weighted by Crippen LogP contribution is -2.15. The summed E-state index contributed by atoms with van der Waals surface area (Å²) in [5, 5.41) is 9.80. The van der Waals surface area contributed by atoms with Crippen LogP contribution in [0.1, 0.15) is 24.2 Å². The van der Waals surface area contributed by atoms with E-state index in [0.29, 0.717) is 11.3 Å². The van der Waals surface area contributed by atoms with Crippen molar-refractivity contribution in [1.29, 1.82) is 0 Å². The van der Waals surface area contributed by atoms with Crippen LogP contribution in [0, 0.1) is 12.7 Å². The van der Waals surface area contributed by atoms with Gasteiger partial charge in [0.25, 0.3) is 0 Å². The standard InChI is InChI=1S/C16H18FNO/c1-11-7-4-5-10-15(11)18(3)16-13(12(2)19)8-6-9-14(16)17/h4-10,12,19H,1-3H3/t12-/m1/s1. The largest absolute Gasteiger partial charge is 0.389 e. The van der Waals surface area contributed by atoms with Gasteiger partial charge in [-0.25, -0.2) is 4.39 Å². The molecule has 0 aliphatic carbocycles. The molecule has 3 heteroatoms. The van der Waals surface area contributed by atoms with Crippen LogP contribution in [0.15, 0.2) is 42.5 Å². The molecular weight excluding hydrogens is 241 g/mol. The third-order valence-corrected chi connectivity index (χ3v) is 3.28. The quantitative estimate of drug-likeness (QED) is 0.902. The van der Waals surface area contributed by atoms with E-state index >= 15 is 0 Å². The number of anilines is 2. The monoisotopic (exact) mass is 259 g/mol. The summed E-state index contributed by atoms with van der Waals surface area (Å²) in [6, 6.07) is 12.6. The van der Waals surface area contributed by atoms with Crippen LogP contribution in [0.25, 0.3) is 0 Å². The Morgan fingerprint density at radius 1 is 1.11 bits per heavy atom. The average Bonchev–Trinajstić information content (AvgIpc) is 2.38. The van der Waals surface area contributed by atoms with Gasteiger partial charge in [0.05, 0.1) is 11.8 Å². The highest BCUT2D eigenvalue weighted by Gasteiger charge is 2.18. The van der Waals surface area contributed by atoms with E-state index in [4.69, 9.17) is 0 Å². The summed E-state index contributed by atoms with van der Waals surface area (Å²) in [5.41, 5.74) is 3.00. The van der Waals surface area contributed by atoms with Gasteiger partial charge >= 0.3 is 0 Å². The SMILES string of the molecule is Cc1ccccc1N(C)c1c(F)cccc1[C@@H](C)O. The summed E-state index contributed by atoms with van der Waals surface area (Å²) in [6.45, 7) is 3.62. The molecule has 0 bridgehead atoms. The molecule has 0 fully saturated rings. The van der Waals surface area contributed by atoms with Crippen molar-refractivity contribution in [1.82, 2.24) is 0 Å². The van der Waals surface area contributed by atoms with Crippen LogP contribution in [0.3, 0.4) is 0 Å². The number of hydrogen-bond donors (Lipinski definition) is 1. The van der Waals surface area contributed by atoms with Crippen LogP contribution in [-0.2, 0) is 0 Å². The van der Waals surface area contributed by atoms with E-state index in [-0.39, 0.29) is 5.82 Å². The van der Waals surface area contributed by atoms with Gasteiger partial charge in [-0.2, -0.15) is 0 Å². The van der Waals surface area contributed by atoms with Gasteiger partial charge in [0, 0.05) is 18.3 Å². The van der Waals surface area contributed by atoms with E-state index in [1.165, 1.54) is 6.07 Å². The Balaban J connectivity index is 2.56. The zero-order valence-corrected chi connectivity index (χ0v) is 11.4. The predicted octanol–water partition coefficient (Wildman–Crippen LogP) is 3.96. The molecule has 2 nitrogen and oxygen atoms in total. The first-order chi connectivity index (χ1) is 9.02. The van der Waals surface area contributed by atoms with E-state index in [1.807, 2.05) is 38.2 Å². The fourth-order valence-corrected chi connectivity index (χ4v) is 2.28. The van der Waals surface area contributed by atoms with Crippen molar-refractivity contribution < 1.29 is 9.50 Å². The summed E-state index contributed by atoms with van der Waals surface area (Å²) in [6.07, 6.45) is -0.711. The van der Waals surface area contributed by atoms with Gasteiger partial charge in [0.2, 0.25) is 0 Å². The van der Waals surface area contributed by atoms with Crippen LogP contribution >= 0.6 is 0 Å². The average molecular weight is 259 g/mol. The maximum absolute atomic E-state index is 14.1. The molecule has 0 aromatic heterocycles. The van der Waals surface area contributed by atoms with E-state index in [9.17, 15) is 9.50 Å². The molecule has 2 aromatic carbocycles. The Hall–Kier alpha value is -1.87. The van der Waals surface area contributed by atoms with E-state index in [2.05, 4.69) is 0 Å². The summed E-state index contributed by atoms with van der Waals surface area (Å²) < 4.78 is 14.1. The van der Waals surface area contributed by atoms with E-state index in [0.717, 1.165) is 11.3 Å². The Morgan fingerprint density at radius 3 is 2.42 bits per heavy atom. The van der Waals surface area contributed by atoms with Crippen molar-refractivity contribution in [2.75, 3.05) is 11.9 Å². The fourth-order valence-electron chi connectivity index (χ4n) is 2.28. The molecule has 0 spiro atoms. The Morgan fingerprint density at radius 2 is 1.79 bits per heavy atom. The molecule has 19 heavy (non-hydrogen) atoms. The molecule has 0 amide bonds. The zero-order valence-electron chi connectivity index (χ0n) is 11.4. The maximum Gasteiger partial charge on any atom is 0.147 e. The lowest BCUT2D eigenvalue weighted by atomic mass is 10.1. The number of aliphatic hydroxyl groups excluding tert-OH is 1. The zero-order chi connectivity index (χ0) is 14.0. The normalized spacial score (nSPS) is 12.3. The molecule has 0 radical (unpaired) electrons. The van der Waals surface area contributed by atoms with Gasteiger partial charge in [-0.05, 0) is 31.5 Å². The predicted molar refractivity (Wildman–Crippen MR) is 76.3 cm³/mol. The topological polar surface area (TPSA) is 23.5 Å². The lowest BCUT2D eigenvalue weighted by Gasteiger charge is -2.25. The first kappa shape index (κ1) is 13.6. The number of halogens is 1. The number of nitrogens with zero attached hydrogens (tertiary/aromatic N) is 1. The third-order valence-electron chi connectivity index (χ3n) is 3.28. The van der Waals surface area contributed by atoms with E-state index < -0.39 is 6.10 Å². The van der Waals surface area contributed by atoms with Crippen molar-refractivity contribution in [3.05, 3.63) is 59.4 Å². The van der Waals surface area contributed by atoms with Crippen molar-refractivity contribution in [2.24, 2.45) is 0 Å². The molecule has 0 aliphatic rings. The minimum atomic E-state index is -0.711. The second kappa shape index (κ2) is 5.41. The lowest BCUT2D eigenvalue weighted by molar-refractivity contribution is 0.199. The highest BCUT2D eigenvalue weighted by Crippen LogP contribution is 2.34. The smallest absolute Gasteiger partial charge is 0.147 e. The Kier molecular flexibility index (Phi) is 3.86. The fraction of sp³-hybridized carbons (Fsp3) is 0.250. The molecule has 0 aliphatic heterocycles. The minimum Gasteiger partial charge on any atom is -0.389 e. The number of hydrogen-bond acceptors (Lipinski definition) is 2. The molecule has 2 aromatic rings. The van der Waals surface area contributed by atoms with E-state index in [1.54, 1.807) is 24.0 Å². The first-order valence-corrected chi connectivity index (χ1v) is 6.28. The van der Waals surface area contributed by atoms with Crippen molar-refractivity contribution in [3.8, 4) is 0 Å². The number of aryl methyl sites for hydroxylation is 1. The molecule has 0 unspecified atom stereocenters. The van der Waals surface area contributed by atoms with Gasteiger partial charge in [-0.15, -0.1) is 0 Å². The number of aliphatic hydroxyl groups is 1. The van der Waals surface area contributed by atoms with Gasteiger partial charge in [0.1, 0.15) is 5.82 Å². The molecule has 1 atom stereocenters. The molecule has 0 heterocycles. The molecular formula is C16H18FNO. The second-order valence-electron chi connectivity index (χ2n) is 4.70. The van der Waals surface area contributed by atoms with Gasteiger partial charge in [-0.1, -0.05) is 30.3 Å². The number of para-hydroxylation sites is 2.